The number of rotatable bonds is 8. The molecular weight excluding hydrogens is 389 g/mol. The van der Waals surface area contributed by atoms with Gasteiger partial charge in [-0.2, -0.15) is 0 Å². The minimum Gasteiger partial charge on any atom is -0.469 e. The number of hydrogen-bond acceptors (Lipinski definition) is 5. The molecule has 1 unspecified atom stereocenters. The molecular formula is C13H26IN3O4. The van der Waals surface area contributed by atoms with E-state index in [-0.39, 0.29) is 36.0 Å². The number of nitrogens with zero attached hydrogens (tertiary/aromatic N) is 1. The topological polar surface area (TPSA) is 81.2 Å². The van der Waals surface area contributed by atoms with Gasteiger partial charge in [0, 0.05) is 33.4 Å². The van der Waals surface area contributed by atoms with Gasteiger partial charge in [0.25, 0.3) is 0 Å². The van der Waals surface area contributed by atoms with Gasteiger partial charge in [0.05, 0.1) is 26.2 Å². The van der Waals surface area contributed by atoms with E-state index in [1.165, 1.54) is 7.11 Å². The summed E-state index contributed by atoms with van der Waals surface area (Å²) in [6.07, 6.45) is 2.47. The second kappa shape index (κ2) is 13.1. The largest absolute Gasteiger partial charge is 0.469 e. The molecule has 0 amide bonds. The summed E-state index contributed by atoms with van der Waals surface area (Å²) < 4.78 is 15.5. The summed E-state index contributed by atoms with van der Waals surface area (Å²) in [5.74, 6) is 0.443. The summed E-state index contributed by atoms with van der Waals surface area (Å²) in [5.41, 5.74) is 0. The number of carbonyl (C=O) groups excluding carboxylic acids is 1. The van der Waals surface area contributed by atoms with Gasteiger partial charge in [-0.05, 0) is 12.8 Å². The molecule has 0 spiro atoms. The zero-order valence-electron chi connectivity index (χ0n) is 12.7. The minimum atomic E-state index is -0.236. The standard InChI is InChI=1S/C13H25N3O4.HI/c1-14-13(16-7-4-12(17)18-2)15-6-3-8-20-11-5-9-19-10-11;/h11H,3-10H2,1-2H3,(H2,14,15,16);1H. The summed E-state index contributed by atoms with van der Waals surface area (Å²) in [7, 11) is 3.07. The van der Waals surface area contributed by atoms with Gasteiger partial charge in [-0.15, -0.1) is 24.0 Å². The van der Waals surface area contributed by atoms with Crippen LogP contribution in [0.5, 0.6) is 0 Å². The smallest absolute Gasteiger partial charge is 0.307 e. The maximum atomic E-state index is 11.0. The van der Waals surface area contributed by atoms with Crippen LogP contribution in [0.2, 0.25) is 0 Å². The Kier molecular flexibility index (Phi) is 12.7. The van der Waals surface area contributed by atoms with E-state index in [1.54, 1.807) is 7.05 Å². The molecule has 0 aromatic rings. The normalized spacial score (nSPS) is 18.0. The predicted molar refractivity (Wildman–Crippen MR) is 91.2 cm³/mol. The Morgan fingerprint density at radius 3 is 2.76 bits per heavy atom. The average molecular weight is 415 g/mol. The maximum absolute atomic E-state index is 11.0. The number of ether oxygens (including phenoxy) is 3. The zero-order chi connectivity index (χ0) is 14.6. The van der Waals surface area contributed by atoms with E-state index in [9.17, 15) is 4.79 Å². The van der Waals surface area contributed by atoms with Crippen molar-refractivity contribution < 1.29 is 19.0 Å². The molecule has 0 bridgehead atoms. The van der Waals surface area contributed by atoms with Gasteiger partial charge in [-0.3, -0.25) is 9.79 Å². The van der Waals surface area contributed by atoms with E-state index in [0.29, 0.717) is 32.1 Å². The second-order valence-corrected chi connectivity index (χ2v) is 4.46. The first-order valence-corrected chi connectivity index (χ1v) is 6.97. The molecule has 0 aliphatic carbocycles. The number of guanidine groups is 1. The van der Waals surface area contributed by atoms with E-state index in [0.717, 1.165) is 26.0 Å². The molecule has 1 aliphatic rings. The number of halogens is 1. The van der Waals surface area contributed by atoms with Crippen LogP contribution in [0.3, 0.4) is 0 Å². The van der Waals surface area contributed by atoms with Crippen molar-refractivity contribution in [2.24, 2.45) is 4.99 Å². The monoisotopic (exact) mass is 415 g/mol. The van der Waals surface area contributed by atoms with Gasteiger partial charge >= 0.3 is 5.97 Å². The zero-order valence-corrected chi connectivity index (χ0v) is 15.1. The summed E-state index contributed by atoms with van der Waals surface area (Å²) >= 11 is 0. The van der Waals surface area contributed by atoms with Crippen molar-refractivity contribution in [1.82, 2.24) is 10.6 Å². The SMILES string of the molecule is CN=C(NCCCOC1CCOC1)NCCC(=O)OC.I. The highest BCUT2D eigenvalue weighted by Gasteiger charge is 2.15. The summed E-state index contributed by atoms with van der Waals surface area (Å²) in [6, 6.07) is 0. The number of aliphatic imine (C=N–C) groups is 1. The molecule has 7 nitrogen and oxygen atoms in total. The fourth-order valence-corrected chi connectivity index (χ4v) is 1.78. The van der Waals surface area contributed by atoms with Crippen molar-refractivity contribution in [3.63, 3.8) is 0 Å². The lowest BCUT2D eigenvalue weighted by Crippen LogP contribution is -2.39. The van der Waals surface area contributed by atoms with Crippen molar-refractivity contribution >= 4 is 35.9 Å². The van der Waals surface area contributed by atoms with Crippen LogP contribution < -0.4 is 10.6 Å². The van der Waals surface area contributed by atoms with Crippen LogP contribution >= 0.6 is 24.0 Å². The minimum absolute atomic E-state index is 0. The molecule has 1 aliphatic heterocycles. The highest BCUT2D eigenvalue weighted by atomic mass is 127. The van der Waals surface area contributed by atoms with Crippen molar-refractivity contribution in [3.8, 4) is 0 Å². The molecule has 0 radical (unpaired) electrons. The van der Waals surface area contributed by atoms with Crippen LogP contribution in [0.15, 0.2) is 4.99 Å². The molecule has 1 fully saturated rings. The number of methoxy groups -OCH3 is 1. The van der Waals surface area contributed by atoms with Crippen LogP contribution in [0.1, 0.15) is 19.3 Å². The number of hydrogen-bond donors (Lipinski definition) is 2. The van der Waals surface area contributed by atoms with Gasteiger partial charge in [-0.25, -0.2) is 0 Å². The van der Waals surface area contributed by atoms with Gasteiger partial charge in [0.15, 0.2) is 5.96 Å². The molecule has 0 aromatic carbocycles. The molecule has 21 heavy (non-hydrogen) atoms. The summed E-state index contributed by atoms with van der Waals surface area (Å²) in [4.78, 5) is 15.0. The van der Waals surface area contributed by atoms with E-state index >= 15 is 0 Å². The van der Waals surface area contributed by atoms with Gasteiger partial charge in [0.2, 0.25) is 0 Å². The van der Waals surface area contributed by atoms with E-state index in [4.69, 9.17) is 9.47 Å². The number of nitrogens with one attached hydrogen (secondary N) is 2. The molecule has 0 saturated carbocycles. The average Bonchev–Trinajstić information content (AvgIpc) is 2.98. The van der Waals surface area contributed by atoms with Crippen LogP contribution in [-0.4, -0.2) is 65.1 Å². The van der Waals surface area contributed by atoms with E-state index < -0.39 is 0 Å². The summed E-state index contributed by atoms with van der Waals surface area (Å²) in [5, 5.41) is 6.21. The molecule has 1 rings (SSSR count). The number of carbonyl (C=O) groups is 1. The quantitative estimate of drug-likeness (QED) is 0.198. The maximum Gasteiger partial charge on any atom is 0.307 e. The molecule has 124 valence electrons. The highest BCUT2D eigenvalue weighted by Crippen LogP contribution is 2.07. The first-order valence-electron chi connectivity index (χ1n) is 6.97. The lowest BCUT2D eigenvalue weighted by Gasteiger charge is -2.12. The Morgan fingerprint density at radius 1 is 1.38 bits per heavy atom. The molecule has 2 N–H and O–H groups in total. The highest BCUT2D eigenvalue weighted by molar-refractivity contribution is 14.0. The van der Waals surface area contributed by atoms with Crippen LogP contribution in [0, 0.1) is 0 Å². The Hall–Kier alpha value is -0.610. The lowest BCUT2D eigenvalue weighted by atomic mass is 10.3. The third-order valence-corrected chi connectivity index (χ3v) is 2.93. The van der Waals surface area contributed by atoms with Crippen molar-refractivity contribution in [3.05, 3.63) is 0 Å². The summed E-state index contributed by atoms with van der Waals surface area (Å²) in [6.45, 7) is 3.50. The third kappa shape index (κ3) is 9.86. The molecule has 1 heterocycles. The molecule has 8 heteroatoms. The Bertz CT molecular complexity index is 310. The van der Waals surface area contributed by atoms with Gasteiger partial charge < -0.3 is 24.8 Å². The molecule has 1 atom stereocenters. The number of esters is 1. The van der Waals surface area contributed by atoms with Gasteiger partial charge in [0.1, 0.15) is 0 Å². The first kappa shape index (κ1) is 20.4. The van der Waals surface area contributed by atoms with Crippen LogP contribution in [-0.2, 0) is 19.0 Å². The Labute approximate surface area is 143 Å². The lowest BCUT2D eigenvalue weighted by molar-refractivity contribution is -0.140. The Morgan fingerprint density at radius 2 is 2.14 bits per heavy atom. The van der Waals surface area contributed by atoms with E-state index in [1.807, 2.05) is 0 Å². The third-order valence-electron chi connectivity index (χ3n) is 2.93. The van der Waals surface area contributed by atoms with Crippen molar-refractivity contribution in [1.29, 1.82) is 0 Å². The Balaban J connectivity index is 0.00000400. The van der Waals surface area contributed by atoms with Crippen molar-refractivity contribution in [2.75, 3.05) is 47.1 Å². The van der Waals surface area contributed by atoms with Crippen LogP contribution in [0.25, 0.3) is 0 Å². The fraction of sp³-hybridized carbons (Fsp3) is 0.846. The van der Waals surface area contributed by atoms with E-state index in [2.05, 4.69) is 20.4 Å². The van der Waals surface area contributed by atoms with Crippen molar-refractivity contribution in [2.45, 2.75) is 25.4 Å². The second-order valence-electron chi connectivity index (χ2n) is 4.46. The first-order chi connectivity index (χ1) is 9.76. The molecule has 1 saturated heterocycles. The fourth-order valence-electron chi connectivity index (χ4n) is 1.78. The van der Waals surface area contributed by atoms with Crippen LogP contribution in [0.4, 0.5) is 0 Å². The predicted octanol–water partition coefficient (Wildman–Crippen LogP) is 0.528. The van der Waals surface area contributed by atoms with Gasteiger partial charge in [-0.1, -0.05) is 0 Å². The molecule has 0 aromatic heterocycles.